The van der Waals surface area contributed by atoms with Crippen LogP contribution in [-0.2, 0) is 9.59 Å². The number of amides is 2. The van der Waals surface area contributed by atoms with Gasteiger partial charge in [0.15, 0.2) is 0 Å². The van der Waals surface area contributed by atoms with Gasteiger partial charge in [-0.25, -0.2) is 0 Å². The quantitative estimate of drug-likeness (QED) is 0.796. The third-order valence-corrected chi connectivity index (χ3v) is 4.33. The highest BCUT2D eigenvalue weighted by molar-refractivity contribution is 14.1. The number of carbonyl (C=O) groups excluding carboxylic acids is 2. The summed E-state index contributed by atoms with van der Waals surface area (Å²) in [5.74, 6) is -0.423. The molecule has 2 aromatic carbocycles. The van der Waals surface area contributed by atoms with Crippen molar-refractivity contribution in [1.82, 2.24) is 0 Å². The summed E-state index contributed by atoms with van der Waals surface area (Å²) in [6.45, 7) is 0.429. The molecule has 5 heteroatoms. The van der Waals surface area contributed by atoms with Gasteiger partial charge in [0.25, 0.3) is 0 Å². The molecule has 112 valence electrons. The zero-order chi connectivity index (χ0) is 15.5. The molecule has 0 aromatic heterocycles. The molecule has 0 bridgehead atoms. The van der Waals surface area contributed by atoms with Crippen LogP contribution in [0.25, 0.3) is 0 Å². The summed E-state index contributed by atoms with van der Waals surface area (Å²) in [4.78, 5) is 26.2. The second-order valence-corrected chi connectivity index (χ2v) is 6.49. The lowest BCUT2D eigenvalue weighted by Crippen LogP contribution is -2.28. The Balaban J connectivity index is 1.69. The van der Waals surface area contributed by atoms with Gasteiger partial charge in [0, 0.05) is 27.9 Å². The number of rotatable bonds is 3. The first kappa shape index (κ1) is 15.0. The number of nitrogens with one attached hydrogen (secondary N) is 1. The molecular formula is C17H15IN2O2. The zero-order valence-corrected chi connectivity index (χ0v) is 14.0. The Morgan fingerprint density at radius 2 is 1.91 bits per heavy atom. The highest BCUT2D eigenvalue weighted by atomic mass is 127. The smallest absolute Gasteiger partial charge is 0.229 e. The summed E-state index contributed by atoms with van der Waals surface area (Å²) in [5, 5.41) is 2.89. The average Bonchev–Trinajstić information content (AvgIpc) is 2.90. The minimum absolute atomic E-state index is 0.00556. The van der Waals surface area contributed by atoms with Crippen LogP contribution < -0.4 is 10.2 Å². The van der Waals surface area contributed by atoms with Gasteiger partial charge in [-0.15, -0.1) is 0 Å². The van der Waals surface area contributed by atoms with Crippen molar-refractivity contribution in [2.45, 2.75) is 6.42 Å². The van der Waals surface area contributed by atoms with Crippen LogP contribution >= 0.6 is 22.6 Å². The maximum atomic E-state index is 12.4. The van der Waals surface area contributed by atoms with Crippen LogP contribution in [0.3, 0.4) is 0 Å². The number of hydrogen-bond acceptors (Lipinski definition) is 2. The van der Waals surface area contributed by atoms with Crippen LogP contribution in [-0.4, -0.2) is 18.4 Å². The third kappa shape index (κ3) is 3.30. The first-order valence-electron chi connectivity index (χ1n) is 7.05. The minimum atomic E-state index is -0.314. The molecule has 4 nitrogen and oxygen atoms in total. The normalized spacial score (nSPS) is 17.6. The molecule has 2 aromatic rings. The molecule has 22 heavy (non-hydrogen) atoms. The van der Waals surface area contributed by atoms with E-state index < -0.39 is 0 Å². The van der Waals surface area contributed by atoms with Crippen molar-refractivity contribution in [2.75, 3.05) is 16.8 Å². The van der Waals surface area contributed by atoms with Gasteiger partial charge < -0.3 is 10.2 Å². The molecule has 1 aliphatic rings. The highest BCUT2D eigenvalue weighted by Crippen LogP contribution is 2.26. The fourth-order valence-corrected chi connectivity index (χ4v) is 3.09. The van der Waals surface area contributed by atoms with Crippen molar-refractivity contribution in [3.05, 3.63) is 58.2 Å². The Bertz CT molecular complexity index is 703. The van der Waals surface area contributed by atoms with Crippen LogP contribution in [0.5, 0.6) is 0 Å². The van der Waals surface area contributed by atoms with Crippen LogP contribution in [0, 0.1) is 9.49 Å². The van der Waals surface area contributed by atoms with Crippen LogP contribution in [0.4, 0.5) is 11.4 Å². The second-order valence-electron chi connectivity index (χ2n) is 5.24. The van der Waals surface area contributed by atoms with Gasteiger partial charge in [0.1, 0.15) is 0 Å². The Morgan fingerprint density at radius 3 is 2.64 bits per heavy atom. The van der Waals surface area contributed by atoms with Gasteiger partial charge in [0.05, 0.1) is 5.92 Å². The molecule has 1 heterocycles. The third-order valence-electron chi connectivity index (χ3n) is 3.66. The zero-order valence-electron chi connectivity index (χ0n) is 11.8. The van der Waals surface area contributed by atoms with Crippen molar-refractivity contribution < 1.29 is 9.59 Å². The maximum absolute atomic E-state index is 12.4. The topological polar surface area (TPSA) is 49.4 Å². The lowest BCUT2D eigenvalue weighted by molar-refractivity contribution is -0.122. The van der Waals surface area contributed by atoms with Crippen molar-refractivity contribution in [1.29, 1.82) is 0 Å². The number of carbonyl (C=O) groups is 2. The standard InChI is InChI=1S/C17H15IN2O2/c18-13-5-4-6-14(10-13)19-17(22)12-9-16(21)20(11-12)15-7-2-1-3-8-15/h1-8,10,12H,9,11H2,(H,19,22). The van der Waals surface area contributed by atoms with E-state index in [2.05, 4.69) is 27.9 Å². The molecule has 0 saturated carbocycles. The van der Waals surface area contributed by atoms with Crippen molar-refractivity contribution in [3.63, 3.8) is 0 Å². The van der Waals surface area contributed by atoms with E-state index in [4.69, 9.17) is 0 Å². The molecule has 0 spiro atoms. The molecule has 0 aliphatic carbocycles. The number of nitrogens with zero attached hydrogens (tertiary/aromatic N) is 1. The summed E-state index contributed by atoms with van der Waals surface area (Å²) in [6.07, 6.45) is 0.255. The van der Waals surface area contributed by atoms with E-state index in [1.54, 1.807) is 4.90 Å². The van der Waals surface area contributed by atoms with E-state index in [0.717, 1.165) is 14.9 Å². The fraction of sp³-hybridized carbons (Fsp3) is 0.176. The maximum Gasteiger partial charge on any atom is 0.229 e. The lowest BCUT2D eigenvalue weighted by Gasteiger charge is -2.16. The van der Waals surface area contributed by atoms with Crippen molar-refractivity contribution in [2.24, 2.45) is 5.92 Å². The van der Waals surface area contributed by atoms with Crippen LogP contribution in [0.2, 0.25) is 0 Å². The molecule has 1 unspecified atom stereocenters. The summed E-state index contributed by atoms with van der Waals surface area (Å²) in [5.41, 5.74) is 1.61. The van der Waals surface area contributed by atoms with Gasteiger partial charge in [-0.2, -0.15) is 0 Å². The SMILES string of the molecule is O=C(Nc1cccc(I)c1)C1CC(=O)N(c2ccccc2)C1. The average molecular weight is 406 g/mol. The van der Waals surface area contributed by atoms with Gasteiger partial charge >= 0.3 is 0 Å². The first-order chi connectivity index (χ1) is 10.6. The number of benzene rings is 2. The highest BCUT2D eigenvalue weighted by Gasteiger charge is 2.35. The van der Waals surface area contributed by atoms with Gasteiger partial charge in [-0.3, -0.25) is 9.59 Å². The number of halogens is 1. The number of para-hydroxylation sites is 1. The Morgan fingerprint density at radius 1 is 1.14 bits per heavy atom. The summed E-state index contributed by atoms with van der Waals surface area (Å²) in [6, 6.07) is 17.1. The monoisotopic (exact) mass is 406 g/mol. The summed E-state index contributed by atoms with van der Waals surface area (Å²) < 4.78 is 1.06. The van der Waals surface area contributed by atoms with E-state index in [1.165, 1.54) is 0 Å². The van der Waals surface area contributed by atoms with Crippen molar-refractivity contribution >= 4 is 45.8 Å². The molecule has 1 atom stereocenters. The molecule has 1 fully saturated rings. The summed E-state index contributed by atoms with van der Waals surface area (Å²) in [7, 11) is 0. The van der Waals surface area contributed by atoms with E-state index in [9.17, 15) is 9.59 Å². The molecule has 0 radical (unpaired) electrons. The Labute approximate surface area is 142 Å². The largest absolute Gasteiger partial charge is 0.326 e. The predicted molar refractivity (Wildman–Crippen MR) is 94.7 cm³/mol. The van der Waals surface area contributed by atoms with E-state index >= 15 is 0 Å². The second kappa shape index (κ2) is 6.48. The molecule has 3 rings (SSSR count). The van der Waals surface area contributed by atoms with Gasteiger partial charge in [0.2, 0.25) is 11.8 Å². The summed E-state index contributed by atoms with van der Waals surface area (Å²) >= 11 is 2.20. The molecule has 1 aliphatic heterocycles. The molecule has 1 N–H and O–H groups in total. The molecular weight excluding hydrogens is 391 g/mol. The van der Waals surface area contributed by atoms with E-state index in [1.807, 2.05) is 54.6 Å². The van der Waals surface area contributed by atoms with E-state index in [0.29, 0.717) is 6.54 Å². The first-order valence-corrected chi connectivity index (χ1v) is 8.13. The number of anilines is 2. The lowest BCUT2D eigenvalue weighted by atomic mass is 10.1. The number of hydrogen-bond donors (Lipinski definition) is 1. The van der Waals surface area contributed by atoms with Crippen LogP contribution in [0.1, 0.15) is 6.42 Å². The predicted octanol–water partition coefficient (Wildman–Crippen LogP) is 3.28. The van der Waals surface area contributed by atoms with Gasteiger partial charge in [-0.05, 0) is 52.9 Å². The van der Waals surface area contributed by atoms with E-state index in [-0.39, 0.29) is 24.2 Å². The minimum Gasteiger partial charge on any atom is -0.326 e. The fourth-order valence-electron chi connectivity index (χ4n) is 2.55. The van der Waals surface area contributed by atoms with Crippen molar-refractivity contribution in [3.8, 4) is 0 Å². The Hall–Kier alpha value is -1.89. The molecule has 2 amide bonds. The molecule has 1 saturated heterocycles. The van der Waals surface area contributed by atoms with Crippen LogP contribution in [0.15, 0.2) is 54.6 Å². The van der Waals surface area contributed by atoms with Gasteiger partial charge in [-0.1, -0.05) is 24.3 Å². The Kier molecular flexibility index (Phi) is 4.42.